The molecule has 1 saturated heterocycles. The maximum absolute atomic E-state index is 9.67. The minimum Gasteiger partial charge on any atom is -0.547 e. The molecule has 1 aliphatic rings. The fourth-order valence-corrected chi connectivity index (χ4v) is 0.243. The van der Waals surface area contributed by atoms with Crippen LogP contribution >= 0.6 is 0 Å². The molecule has 0 aromatic rings. The Morgan fingerprint density at radius 1 is 1.75 bits per heavy atom. The molecule has 0 bridgehead atoms. The monoisotopic (exact) mass is 126 g/mol. The fraction of sp³-hybridized carbons (Fsp3) is 0.667. The Hall–Kier alpha value is 0.390. The smallest absolute Gasteiger partial charge is 0.547 e. The first-order valence-corrected chi connectivity index (χ1v) is 1.80. The molecule has 1 unspecified atom stereocenters. The molecule has 0 spiro atoms. The zero-order valence-electron chi connectivity index (χ0n) is 4.42. The maximum Gasteiger partial charge on any atom is 1.00 e. The molecule has 8 heavy (non-hydrogen) atoms. The second-order valence-electron chi connectivity index (χ2n) is 1.19. The standard InChI is InChI=1S/C3H4O4.Na/c4-3(5)2-1-6-7-2;/h2H,1H2,(H,4,5);/q;+1/p-1. The summed E-state index contributed by atoms with van der Waals surface area (Å²) in [7, 11) is 0. The van der Waals surface area contributed by atoms with E-state index in [2.05, 4.69) is 9.78 Å². The number of hydrogen-bond donors (Lipinski definition) is 0. The van der Waals surface area contributed by atoms with Crippen molar-refractivity contribution < 1.29 is 49.2 Å². The molecule has 0 saturated carbocycles. The third kappa shape index (κ3) is 1.72. The number of hydrogen-bond acceptors (Lipinski definition) is 4. The normalized spacial score (nSPS) is 25.2. The minimum atomic E-state index is -1.22. The Morgan fingerprint density at radius 3 is 2.25 bits per heavy atom. The molecule has 1 rings (SSSR count). The number of carboxylic acids is 1. The van der Waals surface area contributed by atoms with Crippen LogP contribution in [-0.4, -0.2) is 18.7 Å². The van der Waals surface area contributed by atoms with Gasteiger partial charge in [-0.1, -0.05) is 0 Å². The van der Waals surface area contributed by atoms with Crippen LogP contribution in [0.5, 0.6) is 0 Å². The first kappa shape index (κ1) is 8.39. The van der Waals surface area contributed by atoms with Crippen LogP contribution in [0.25, 0.3) is 0 Å². The summed E-state index contributed by atoms with van der Waals surface area (Å²) in [5.41, 5.74) is 0. The number of carbonyl (C=O) groups excluding carboxylic acids is 1. The van der Waals surface area contributed by atoms with Crippen molar-refractivity contribution in [3.8, 4) is 0 Å². The van der Waals surface area contributed by atoms with Gasteiger partial charge in [0.15, 0.2) is 6.10 Å². The molecule has 0 aliphatic carbocycles. The molecule has 1 atom stereocenters. The van der Waals surface area contributed by atoms with Crippen molar-refractivity contribution in [1.29, 1.82) is 0 Å². The van der Waals surface area contributed by atoms with Crippen LogP contribution in [-0.2, 0) is 14.6 Å². The van der Waals surface area contributed by atoms with Gasteiger partial charge >= 0.3 is 29.6 Å². The van der Waals surface area contributed by atoms with Gasteiger partial charge in [-0.3, -0.25) is 0 Å². The minimum absolute atomic E-state index is 0. The molecule has 4 nitrogen and oxygen atoms in total. The quantitative estimate of drug-likeness (QED) is 0.261. The van der Waals surface area contributed by atoms with E-state index in [1.807, 2.05) is 0 Å². The van der Waals surface area contributed by atoms with Crippen LogP contribution < -0.4 is 34.7 Å². The van der Waals surface area contributed by atoms with E-state index in [9.17, 15) is 9.90 Å². The summed E-state index contributed by atoms with van der Waals surface area (Å²) >= 11 is 0. The summed E-state index contributed by atoms with van der Waals surface area (Å²) in [5.74, 6) is -1.22. The van der Waals surface area contributed by atoms with Crippen molar-refractivity contribution in [1.82, 2.24) is 0 Å². The molecular weight excluding hydrogens is 123 g/mol. The summed E-state index contributed by atoms with van der Waals surface area (Å²) in [6.45, 7) is 0.113. The van der Waals surface area contributed by atoms with E-state index in [1.165, 1.54) is 0 Å². The summed E-state index contributed by atoms with van der Waals surface area (Å²) < 4.78 is 0. The third-order valence-electron chi connectivity index (χ3n) is 0.667. The van der Waals surface area contributed by atoms with Crippen molar-refractivity contribution in [3.63, 3.8) is 0 Å². The van der Waals surface area contributed by atoms with Gasteiger partial charge in [0.25, 0.3) is 0 Å². The van der Waals surface area contributed by atoms with Crippen LogP contribution in [0.4, 0.5) is 0 Å². The number of aliphatic carboxylic acids is 1. The Kier molecular flexibility index (Phi) is 3.59. The molecule has 0 N–H and O–H groups in total. The molecule has 5 heteroatoms. The largest absolute Gasteiger partial charge is 1.00 e. The SMILES string of the molecule is O=C([O-])C1COO1.[Na+]. The van der Waals surface area contributed by atoms with E-state index in [1.54, 1.807) is 0 Å². The van der Waals surface area contributed by atoms with Crippen LogP contribution in [0.3, 0.4) is 0 Å². The summed E-state index contributed by atoms with van der Waals surface area (Å²) in [6, 6.07) is 0. The van der Waals surface area contributed by atoms with Crippen molar-refractivity contribution >= 4 is 5.97 Å². The van der Waals surface area contributed by atoms with Crippen molar-refractivity contribution in [2.24, 2.45) is 0 Å². The van der Waals surface area contributed by atoms with Gasteiger partial charge in [0.2, 0.25) is 0 Å². The van der Waals surface area contributed by atoms with Gasteiger partial charge in [-0.15, -0.1) is 0 Å². The van der Waals surface area contributed by atoms with E-state index >= 15 is 0 Å². The van der Waals surface area contributed by atoms with Crippen molar-refractivity contribution in [2.75, 3.05) is 6.61 Å². The average Bonchev–Trinajstić information content (AvgIpc) is 1.23. The van der Waals surface area contributed by atoms with E-state index < -0.39 is 12.1 Å². The average molecular weight is 126 g/mol. The van der Waals surface area contributed by atoms with Crippen LogP contribution in [0.15, 0.2) is 0 Å². The van der Waals surface area contributed by atoms with E-state index in [0.717, 1.165) is 0 Å². The molecule has 1 heterocycles. The van der Waals surface area contributed by atoms with Gasteiger partial charge in [0.1, 0.15) is 6.61 Å². The molecule has 0 radical (unpaired) electrons. The zero-order chi connectivity index (χ0) is 5.28. The predicted octanol–water partition coefficient (Wildman–Crippen LogP) is -4.93. The third-order valence-corrected chi connectivity index (χ3v) is 0.667. The summed E-state index contributed by atoms with van der Waals surface area (Å²) in [4.78, 5) is 17.8. The van der Waals surface area contributed by atoms with Gasteiger partial charge in [0, 0.05) is 0 Å². The Bertz CT molecular complexity index is 89.3. The first-order valence-electron chi connectivity index (χ1n) is 1.80. The molecule has 0 amide bonds. The van der Waals surface area contributed by atoms with Gasteiger partial charge in [-0.05, 0) is 0 Å². The molecule has 1 fully saturated rings. The molecule has 0 aromatic heterocycles. The molecule has 40 valence electrons. The second kappa shape index (κ2) is 3.42. The number of carbonyl (C=O) groups is 1. The van der Waals surface area contributed by atoms with Crippen LogP contribution in [0, 0.1) is 0 Å². The van der Waals surface area contributed by atoms with Crippen LogP contribution in [0.1, 0.15) is 0 Å². The molecule has 1 aliphatic heterocycles. The van der Waals surface area contributed by atoms with Gasteiger partial charge in [-0.25, -0.2) is 9.78 Å². The Labute approximate surface area is 68.0 Å². The van der Waals surface area contributed by atoms with Gasteiger partial charge < -0.3 is 9.90 Å². The van der Waals surface area contributed by atoms with Crippen molar-refractivity contribution in [3.05, 3.63) is 0 Å². The molecular formula is C3H3NaO4. The van der Waals surface area contributed by atoms with E-state index in [-0.39, 0.29) is 36.2 Å². The van der Waals surface area contributed by atoms with Crippen molar-refractivity contribution in [2.45, 2.75) is 6.10 Å². The summed E-state index contributed by atoms with van der Waals surface area (Å²) in [6.07, 6.45) is -0.833. The molecule has 0 aromatic carbocycles. The number of rotatable bonds is 1. The van der Waals surface area contributed by atoms with Gasteiger partial charge in [0.05, 0.1) is 5.97 Å². The summed E-state index contributed by atoms with van der Waals surface area (Å²) in [5, 5.41) is 9.67. The van der Waals surface area contributed by atoms with E-state index in [4.69, 9.17) is 0 Å². The number of carboxylic acid groups (broad SMARTS) is 1. The topological polar surface area (TPSA) is 58.6 Å². The Balaban J connectivity index is 0.000000490. The van der Waals surface area contributed by atoms with Crippen LogP contribution in [0.2, 0.25) is 0 Å². The van der Waals surface area contributed by atoms with Gasteiger partial charge in [-0.2, -0.15) is 0 Å². The maximum atomic E-state index is 9.67. The predicted molar refractivity (Wildman–Crippen MR) is 15.8 cm³/mol. The second-order valence-corrected chi connectivity index (χ2v) is 1.19. The van der Waals surface area contributed by atoms with E-state index in [0.29, 0.717) is 0 Å². The Morgan fingerprint density at radius 2 is 2.25 bits per heavy atom. The zero-order valence-corrected chi connectivity index (χ0v) is 6.42. The fourth-order valence-electron chi connectivity index (χ4n) is 0.243. The first-order chi connectivity index (χ1) is 3.30.